The molecule has 4 aromatic rings. The monoisotopic (exact) mass is 506 g/mol. The number of benzene rings is 1. The van der Waals surface area contributed by atoms with Gasteiger partial charge in [0.1, 0.15) is 5.39 Å². The summed E-state index contributed by atoms with van der Waals surface area (Å²) in [7, 11) is -0.260. The molecule has 0 radical (unpaired) electrons. The number of anilines is 2. The number of hydrogen-bond acceptors (Lipinski definition) is 8. The third kappa shape index (κ3) is 4.63. The largest absolute Gasteiger partial charge is 0.324 e. The van der Waals surface area contributed by atoms with Crippen LogP contribution in [0, 0.1) is 6.92 Å². The Hall–Kier alpha value is -3.57. The first-order chi connectivity index (χ1) is 17.1. The van der Waals surface area contributed by atoms with Crippen LogP contribution in [-0.4, -0.2) is 59.5 Å². The Bertz CT molecular complexity index is 1650. The highest BCUT2D eigenvalue weighted by Gasteiger charge is 2.19. The molecule has 1 N–H and O–H groups in total. The van der Waals surface area contributed by atoms with Crippen molar-refractivity contribution in [3.8, 4) is 5.82 Å². The summed E-state index contributed by atoms with van der Waals surface area (Å²) in [5.74, 6) is 1.19. The van der Waals surface area contributed by atoms with Gasteiger partial charge in [-0.15, -0.1) is 0 Å². The predicted octanol–water partition coefficient (Wildman–Crippen LogP) is 3.40. The molecule has 3 aromatic heterocycles. The molecule has 1 aliphatic heterocycles. The number of pyridine rings is 1. The van der Waals surface area contributed by atoms with Crippen LogP contribution in [0.3, 0.4) is 0 Å². The van der Waals surface area contributed by atoms with Gasteiger partial charge in [0.05, 0.1) is 0 Å². The molecule has 0 aliphatic carbocycles. The Balaban J connectivity index is 1.60. The highest BCUT2D eigenvalue weighted by Crippen LogP contribution is 2.27. The summed E-state index contributed by atoms with van der Waals surface area (Å²) in [6.45, 7) is 6.39. The number of nitrogens with one attached hydrogen (secondary N) is 1. The van der Waals surface area contributed by atoms with Crippen LogP contribution in [-0.2, 0) is 29.2 Å². The van der Waals surface area contributed by atoms with Crippen molar-refractivity contribution in [2.75, 3.05) is 31.4 Å². The Kier molecular flexibility index (Phi) is 6.13. The van der Waals surface area contributed by atoms with E-state index >= 15 is 0 Å². The summed E-state index contributed by atoms with van der Waals surface area (Å²) in [5.41, 5.74) is 5.09. The molecule has 0 atom stereocenters. The number of rotatable bonds is 5. The van der Waals surface area contributed by atoms with E-state index in [9.17, 15) is 9.00 Å². The van der Waals surface area contributed by atoms with E-state index in [-0.39, 0.29) is 5.56 Å². The smallest absolute Gasteiger partial charge is 0.278 e. The molecule has 0 spiro atoms. The Labute approximate surface area is 210 Å². The minimum Gasteiger partial charge on any atom is -0.324 e. The van der Waals surface area contributed by atoms with Gasteiger partial charge >= 0.3 is 0 Å². The minimum atomic E-state index is -2.39. The van der Waals surface area contributed by atoms with Crippen LogP contribution in [0.2, 0.25) is 0 Å². The maximum atomic E-state index is 13.1. The standard InChI is InChI=1S/C25H30N8O2S/c1-6-32-24(34)20-14-26-25(27-18-12-16(2)19-10-11-31(3)15-17(19)13-18)29-23(20)33(32)22-9-7-8-21(28-22)30-36(4,5)35/h7-9,12-14H,6,10-11,15H2,1-5H3,(H,26,27,29). The third-order valence-electron chi connectivity index (χ3n) is 6.23. The summed E-state index contributed by atoms with van der Waals surface area (Å²) in [5, 5.41) is 3.72. The summed E-state index contributed by atoms with van der Waals surface area (Å²) in [6.07, 6.45) is 5.70. The Morgan fingerprint density at radius 3 is 2.75 bits per heavy atom. The van der Waals surface area contributed by atoms with Crippen LogP contribution in [0.15, 0.2) is 45.7 Å². The molecule has 1 aliphatic rings. The number of hydrogen-bond donors (Lipinski definition) is 1. The topological polar surface area (TPSA) is 110 Å². The molecule has 1 aromatic carbocycles. The van der Waals surface area contributed by atoms with Crippen LogP contribution in [0.25, 0.3) is 16.9 Å². The number of fused-ring (bicyclic) bond motifs is 2. The maximum absolute atomic E-state index is 13.1. The molecule has 11 heteroatoms. The summed E-state index contributed by atoms with van der Waals surface area (Å²) in [6, 6.07) is 9.50. The highest BCUT2D eigenvalue weighted by molar-refractivity contribution is 7.92. The molecule has 0 bridgehead atoms. The minimum absolute atomic E-state index is 0.203. The number of likely N-dealkylation sites (N-methyl/N-ethyl adjacent to an activating group) is 1. The van der Waals surface area contributed by atoms with Gasteiger partial charge in [-0.2, -0.15) is 9.35 Å². The summed E-state index contributed by atoms with van der Waals surface area (Å²) >= 11 is 0. The molecule has 0 saturated carbocycles. The van der Waals surface area contributed by atoms with Crippen LogP contribution >= 0.6 is 0 Å². The molecule has 4 heterocycles. The van der Waals surface area contributed by atoms with Gasteiger partial charge in [-0.05, 0) is 68.3 Å². The first-order valence-corrected chi connectivity index (χ1v) is 14.2. The van der Waals surface area contributed by atoms with Crippen molar-refractivity contribution in [3.05, 3.63) is 63.6 Å². The predicted molar refractivity (Wildman–Crippen MR) is 143 cm³/mol. The lowest BCUT2D eigenvalue weighted by molar-refractivity contribution is 0.312. The first-order valence-electron chi connectivity index (χ1n) is 11.8. The number of nitrogens with zero attached hydrogens (tertiary/aromatic N) is 7. The van der Waals surface area contributed by atoms with E-state index in [0.29, 0.717) is 35.2 Å². The lowest BCUT2D eigenvalue weighted by Crippen LogP contribution is -2.27. The van der Waals surface area contributed by atoms with E-state index in [2.05, 4.69) is 50.7 Å². The van der Waals surface area contributed by atoms with Crippen LogP contribution in [0.4, 0.5) is 17.5 Å². The quantitative estimate of drug-likeness (QED) is 0.442. The van der Waals surface area contributed by atoms with Crippen molar-refractivity contribution in [3.63, 3.8) is 0 Å². The van der Waals surface area contributed by atoms with Crippen molar-refractivity contribution in [2.45, 2.75) is 33.4 Å². The van der Waals surface area contributed by atoms with Crippen LogP contribution in [0.5, 0.6) is 0 Å². The molecular weight excluding hydrogens is 476 g/mol. The number of aryl methyl sites for hydroxylation is 1. The average Bonchev–Trinajstić information content (AvgIpc) is 3.08. The zero-order chi connectivity index (χ0) is 25.6. The van der Waals surface area contributed by atoms with E-state index in [0.717, 1.165) is 25.2 Å². The molecule has 188 valence electrons. The fourth-order valence-electron chi connectivity index (χ4n) is 4.68. The third-order valence-corrected chi connectivity index (χ3v) is 6.86. The second kappa shape index (κ2) is 9.14. The van der Waals surface area contributed by atoms with Gasteiger partial charge in [-0.3, -0.25) is 4.79 Å². The van der Waals surface area contributed by atoms with Gasteiger partial charge in [-0.25, -0.2) is 23.5 Å². The average molecular weight is 507 g/mol. The van der Waals surface area contributed by atoms with Gasteiger partial charge in [0.2, 0.25) is 5.95 Å². The lowest BCUT2D eigenvalue weighted by Gasteiger charge is -2.27. The summed E-state index contributed by atoms with van der Waals surface area (Å²) in [4.78, 5) is 29.1. The SMILES string of the molecule is CCn1c(=O)c2cnc(Nc3cc(C)c4c(c3)CN(C)CC4)nc2n1-c1cccc(N=S(C)(C)=O)n1. The van der Waals surface area contributed by atoms with E-state index in [1.54, 1.807) is 46.3 Å². The molecule has 0 saturated heterocycles. The van der Waals surface area contributed by atoms with Gasteiger partial charge in [0.15, 0.2) is 17.3 Å². The molecule has 0 amide bonds. The maximum Gasteiger partial charge on any atom is 0.278 e. The van der Waals surface area contributed by atoms with Crippen LogP contribution < -0.4 is 10.9 Å². The molecule has 5 rings (SSSR count). The van der Waals surface area contributed by atoms with Gasteiger partial charge < -0.3 is 10.2 Å². The zero-order valence-electron chi connectivity index (χ0n) is 21.1. The fraction of sp³-hybridized carbons (Fsp3) is 0.360. The van der Waals surface area contributed by atoms with Gasteiger partial charge in [0.25, 0.3) is 5.56 Å². The normalized spacial score (nSPS) is 14.1. The van der Waals surface area contributed by atoms with Crippen molar-refractivity contribution < 1.29 is 4.21 Å². The van der Waals surface area contributed by atoms with Crippen molar-refractivity contribution in [2.24, 2.45) is 4.36 Å². The number of aromatic nitrogens is 5. The molecule has 10 nitrogen and oxygen atoms in total. The second-order valence-electron chi connectivity index (χ2n) is 9.43. The van der Waals surface area contributed by atoms with E-state index < -0.39 is 9.73 Å². The van der Waals surface area contributed by atoms with Crippen molar-refractivity contribution in [1.29, 1.82) is 0 Å². The molecule has 36 heavy (non-hydrogen) atoms. The molecule has 0 unspecified atom stereocenters. The molecular formula is C25H30N8O2S. The second-order valence-corrected chi connectivity index (χ2v) is 12.0. The van der Waals surface area contributed by atoms with Crippen molar-refractivity contribution >= 4 is 38.2 Å². The lowest BCUT2D eigenvalue weighted by atomic mass is 9.94. The van der Waals surface area contributed by atoms with E-state index in [1.165, 1.54) is 16.7 Å². The van der Waals surface area contributed by atoms with Crippen LogP contribution in [0.1, 0.15) is 23.6 Å². The van der Waals surface area contributed by atoms with Gasteiger partial charge in [0, 0.05) is 53.8 Å². The van der Waals surface area contributed by atoms with E-state index in [4.69, 9.17) is 4.98 Å². The fourth-order valence-corrected chi connectivity index (χ4v) is 5.23. The van der Waals surface area contributed by atoms with E-state index in [1.807, 2.05) is 6.92 Å². The Morgan fingerprint density at radius 2 is 2.00 bits per heavy atom. The Morgan fingerprint density at radius 1 is 1.19 bits per heavy atom. The zero-order valence-corrected chi connectivity index (χ0v) is 22.0. The highest BCUT2D eigenvalue weighted by atomic mass is 32.2. The van der Waals surface area contributed by atoms with Crippen molar-refractivity contribution in [1.82, 2.24) is 29.2 Å². The first kappa shape index (κ1) is 24.1. The summed E-state index contributed by atoms with van der Waals surface area (Å²) < 4.78 is 19.6. The molecule has 0 fully saturated rings. The van der Waals surface area contributed by atoms with Gasteiger partial charge in [-0.1, -0.05) is 6.07 Å².